The first kappa shape index (κ1) is 18.2. The predicted octanol–water partition coefficient (Wildman–Crippen LogP) is 3.27. The largest absolute Gasteiger partial charge is 0.394 e. The van der Waals surface area contributed by atoms with Gasteiger partial charge in [-0.2, -0.15) is 0 Å². The number of aromatic amines is 1. The summed E-state index contributed by atoms with van der Waals surface area (Å²) in [5.74, 6) is -0.155. The van der Waals surface area contributed by atoms with Crippen molar-refractivity contribution >= 4 is 16.8 Å². The fraction of sp³-hybridized carbons (Fsp3) is 0.273. The minimum absolute atomic E-state index is 0.107. The van der Waals surface area contributed by atoms with Crippen molar-refractivity contribution in [2.45, 2.75) is 25.8 Å². The Bertz CT molecular complexity index is 868. The highest BCUT2D eigenvalue weighted by Gasteiger charge is 2.30. The minimum Gasteiger partial charge on any atom is -0.394 e. The molecule has 1 aromatic heterocycles. The van der Waals surface area contributed by atoms with Crippen LogP contribution in [0.25, 0.3) is 10.9 Å². The normalized spacial score (nSPS) is 12.9. The molecule has 4 heteroatoms. The van der Waals surface area contributed by atoms with Crippen LogP contribution in [0.5, 0.6) is 0 Å². The second-order valence-electron chi connectivity index (χ2n) is 7.14. The molecule has 0 saturated carbocycles. The van der Waals surface area contributed by atoms with Crippen LogP contribution in [0.1, 0.15) is 18.1 Å². The van der Waals surface area contributed by atoms with Gasteiger partial charge in [-0.25, -0.2) is 0 Å². The zero-order valence-corrected chi connectivity index (χ0v) is 15.0. The lowest BCUT2D eigenvalue weighted by Gasteiger charge is -2.26. The van der Waals surface area contributed by atoms with E-state index >= 15 is 0 Å². The first-order chi connectivity index (χ1) is 12.5. The zero-order valence-electron chi connectivity index (χ0n) is 15.0. The maximum Gasteiger partial charge on any atom is 0.226 e. The molecule has 0 spiro atoms. The molecule has 1 radical (unpaired) electrons. The number of hydrogen-bond donors (Lipinski definition) is 3. The van der Waals surface area contributed by atoms with E-state index in [2.05, 4.69) is 17.2 Å². The molecule has 1 heterocycles. The lowest BCUT2D eigenvalue weighted by Crippen LogP contribution is -2.46. The summed E-state index contributed by atoms with van der Waals surface area (Å²) in [6.45, 7) is 5.87. The number of fused-ring (bicyclic) bond motifs is 1. The number of aromatic nitrogens is 1. The maximum atomic E-state index is 12.8. The van der Waals surface area contributed by atoms with Crippen LogP contribution in [0, 0.1) is 12.3 Å². The van der Waals surface area contributed by atoms with E-state index < -0.39 is 5.41 Å². The topological polar surface area (TPSA) is 65.1 Å². The lowest BCUT2D eigenvalue weighted by atomic mass is 9.84. The van der Waals surface area contributed by atoms with Crippen molar-refractivity contribution in [2.75, 3.05) is 6.61 Å². The Labute approximate surface area is 154 Å². The lowest BCUT2D eigenvalue weighted by molar-refractivity contribution is -0.129. The average molecular weight is 349 g/mol. The van der Waals surface area contributed by atoms with Crippen LogP contribution in [0.15, 0.2) is 60.8 Å². The summed E-state index contributed by atoms with van der Waals surface area (Å²) in [6.07, 6.45) is 3.05. The summed E-state index contributed by atoms with van der Waals surface area (Å²) in [5, 5.41) is 13.7. The zero-order chi connectivity index (χ0) is 18.6. The molecule has 0 aliphatic heterocycles. The highest BCUT2D eigenvalue weighted by Crippen LogP contribution is 2.27. The van der Waals surface area contributed by atoms with Gasteiger partial charge in [0.15, 0.2) is 0 Å². The van der Waals surface area contributed by atoms with Gasteiger partial charge in [0, 0.05) is 17.1 Å². The third-order valence-electron chi connectivity index (χ3n) is 4.68. The van der Waals surface area contributed by atoms with Gasteiger partial charge in [0.25, 0.3) is 0 Å². The van der Waals surface area contributed by atoms with E-state index in [1.54, 1.807) is 0 Å². The number of amides is 1. The van der Waals surface area contributed by atoms with Gasteiger partial charge in [-0.05, 0) is 37.0 Å². The van der Waals surface area contributed by atoms with Crippen molar-refractivity contribution in [3.05, 3.63) is 78.8 Å². The highest BCUT2D eigenvalue weighted by molar-refractivity contribution is 5.87. The molecule has 0 saturated heterocycles. The van der Waals surface area contributed by atoms with Gasteiger partial charge in [-0.3, -0.25) is 4.79 Å². The number of nitrogens with one attached hydrogen (secondary N) is 2. The molecule has 2 atom stereocenters. The van der Waals surface area contributed by atoms with Gasteiger partial charge in [0.1, 0.15) is 0 Å². The van der Waals surface area contributed by atoms with Crippen molar-refractivity contribution in [1.82, 2.24) is 10.3 Å². The van der Waals surface area contributed by atoms with Gasteiger partial charge in [-0.15, -0.1) is 0 Å². The van der Waals surface area contributed by atoms with E-state index in [0.717, 1.165) is 22.0 Å². The Hall–Kier alpha value is -2.59. The van der Waals surface area contributed by atoms with Crippen molar-refractivity contribution in [3.63, 3.8) is 0 Å². The third kappa shape index (κ3) is 4.14. The molecule has 2 unspecified atom stereocenters. The number of rotatable bonds is 7. The smallest absolute Gasteiger partial charge is 0.226 e. The summed E-state index contributed by atoms with van der Waals surface area (Å²) in [5.41, 5.74) is 2.37. The standard InChI is InChI=1S/C22H25N2O2/c1-22(2,13-17-14-23-20-11-7-6-10-19(17)20)21(26)24-18(15-25)12-16-8-4-3-5-9-16/h3-11,14,18,23,25H,1,12-13,15H2,2H3,(H,24,26). The van der Waals surface area contributed by atoms with Crippen LogP contribution >= 0.6 is 0 Å². The van der Waals surface area contributed by atoms with E-state index in [-0.39, 0.29) is 18.6 Å². The minimum atomic E-state index is -0.824. The Morgan fingerprint density at radius 2 is 1.88 bits per heavy atom. The van der Waals surface area contributed by atoms with Crippen molar-refractivity contribution in [3.8, 4) is 0 Å². The Morgan fingerprint density at radius 3 is 2.62 bits per heavy atom. The average Bonchev–Trinajstić information content (AvgIpc) is 3.04. The third-order valence-corrected chi connectivity index (χ3v) is 4.68. The van der Waals surface area contributed by atoms with Crippen molar-refractivity contribution in [1.29, 1.82) is 0 Å². The monoisotopic (exact) mass is 349 g/mol. The van der Waals surface area contributed by atoms with Gasteiger partial charge in [-0.1, -0.05) is 55.5 Å². The SMILES string of the molecule is [CH2]C(C)(Cc1c[nH]c2ccccc12)C(=O)NC(CO)Cc1ccccc1. The van der Waals surface area contributed by atoms with Crippen LogP contribution in [0.3, 0.4) is 0 Å². The van der Waals surface area contributed by atoms with Gasteiger partial charge >= 0.3 is 0 Å². The fourth-order valence-corrected chi connectivity index (χ4v) is 3.20. The van der Waals surface area contributed by atoms with Gasteiger partial charge in [0.05, 0.1) is 18.1 Å². The Morgan fingerprint density at radius 1 is 1.19 bits per heavy atom. The van der Waals surface area contributed by atoms with E-state index in [1.807, 2.05) is 67.7 Å². The number of aliphatic hydroxyl groups excluding tert-OH is 1. The van der Waals surface area contributed by atoms with Crippen LogP contribution in [0.4, 0.5) is 0 Å². The molecule has 0 aliphatic rings. The Kier molecular flexibility index (Phi) is 5.43. The molecule has 135 valence electrons. The van der Waals surface area contributed by atoms with Gasteiger partial charge in [0.2, 0.25) is 5.91 Å². The van der Waals surface area contributed by atoms with Crippen LogP contribution < -0.4 is 5.32 Å². The van der Waals surface area contributed by atoms with Crippen molar-refractivity contribution in [2.24, 2.45) is 5.41 Å². The van der Waals surface area contributed by atoms with E-state index in [4.69, 9.17) is 0 Å². The number of para-hydroxylation sites is 1. The quantitative estimate of drug-likeness (QED) is 0.613. The first-order valence-electron chi connectivity index (χ1n) is 8.86. The highest BCUT2D eigenvalue weighted by atomic mass is 16.3. The molecule has 3 N–H and O–H groups in total. The molecule has 26 heavy (non-hydrogen) atoms. The molecule has 0 fully saturated rings. The second kappa shape index (κ2) is 7.75. The van der Waals surface area contributed by atoms with Crippen LogP contribution in [0.2, 0.25) is 0 Å². The van der Waals surface area contributed by atoms with Crippen molar-refractivity contribution < 1.29 is 9.90 Å². The fourth-order valence-electron chi connectivity index (χ4n) is 3.20. The van der Waals surface area contributed by atoms with Gasteiger partial charge < -0.3 is 15.4 Å². The first-order valence-corrected chi connectivity index (χ1v) is 8.86. The number of benzene rings is 2. The molecule has 0 bridgehead atoms. The number of aliphatic hydroxyl groups is 1. The Balaban J connectivity index is 1.68. The second-order valence-corrected chi connectivity index (χ2v) is 7.14. The predicted molar refractivity (Wildman–Crippen MR) is 105 cm³/mol. The molecule has 3 rings (SSSR count). The summed E-state index contributed by atoms with van der Waals surface area (Å²) < 4.78 is 0. The summed E-state index contributed by atoms with van der Waals surface area (Å²) in [7, 11) is 0. The molecule has 1 amide bonds. The molecular weight excluding hydrogens is 324 g/mol. The summed E-state index contributed by atoms with van der Waals surface area (Å²) >= 11 is 0. The van der Waals surface area contributed by atoms with Crippen LogP contribution in [-0.2, 0) is 17.6 Å². The number of hydrogen-bond acceptors (Lipinski definition) is 2. The molecule has 4 nitrogen and oxygen atoms in total. The van der Waals surface area contributed by atoms with E-state index in [1.165, 1.54) is 0 Å². The summed E-state index contributed by atoms with van der Waals surface area (Å²) in [4.78, 5) is 16.0. The maximum absolute atomic E-state index is 12.8. The molecule has 2 aromatic carbocycles. The molecule has 3 aromatic rings. The molecule has 0 aliphatic carbocycles. The number of carbonyl (C=O) groups excluding carboxylic acids is 1. The summed E-state index contributed by atoms with van der Waals surface area (Å²) in [6, 6.07) is 17.5. The number of H-pyrrole nitrogens is 1. The van der Waals surface area contributed by atoms with E-state index in [0.29, 0.717) is 12.8 Å². The van der Waals surface area contributed by atoms with Crippen LogP contribution in [-0.4, -0.2) is 28.6 Å². The molecular formula is C22H25N2O2. The number of carbonyl (C=O) groups is 1. The van der Waals surface area contributed by atoms with E-state index in [9.17, 15) is 9.90 Å².